The molecular formula is C11H22N2OS. The van der Waals surface area contributed by atoms with Crippen molar-refractivity contribution >= 4 is 17.7 Å². The van der Waals surface area contributed by atoms with E-state index in [1.807, 2.05) is 6.92 Å². The Morgan fingerprint density at radius 2 is 2.27 bits per heavy atom. The van der Waals surface area contributed by atoms with E-state index in [4.69, 9.17) is 5.73 Å². The van der Waals surface area contributed by atoms with Crippen molar-refractivity contribution in [2.75, 3.05) is 12.3 Å². The molecule has 0 spiro atoms. The zero-order valence-corrected chi connectivity index (χ0v) is 10.7. The van der Waals surface area contributed by atoms with Crippen molar-refractivity contribution in [3.63, 3.8) is 0 Å². The van der Waals surface area contributed by atoms with Crippen LogP contribution in [-0.2, 0) is 4.79 Å². The molecule has 0 aromatic heterocycles. The lowest BCUT2D eigenvalue weighted by atomic mass is 10.0. The third-order valence-corrected chi connectivity index (χ3v) is 4.57. The summed E-state index contributed by atoms with van der Waals surface area (Å²) in [5.74, 6) is 1.66. The van der Waals surface area contributed by atoms with E-state index in [-0.39, 0.29) is 16.7 Å². The van der Waals surface area contributed by atoms with E-state index in [9.17, 15) is 4.79 Å². The van der Waals surface area contributed by atoms with E-state index in [0.29, 0.717) is 12.5 Å². The highest BCUT2D eigenvalue weighted by molar-refractivity contribution is 8.01. The van der Waals surface area contributed by atoms with Crippen LogP contribution in [0.3, 0.4) is 0 Å². The van der Waals surface area contributed by atoms with Crippen molar-refractivity contribution < 1.29 is 4.79 Å². The van der Waals surface area contributed by atoms with E-state index in [1.54, 1.807) is 11.8 Å². The Bertz CT molecular complexity index is 225. The van der Waals surface area contributed by atoms with Crippen LogP contribution in [0.15, 0.2) is 0 Å². The molecule has 15 heavy (non-hydrogen) atoms. The van der Waals surface area contributed by atoms with Gasteiger partial charge in [0.25, 0.3) is 0 Å². The van der Waals surface area contributed by atoms with Crippen LogP contribution in [0.2, 0.25) is 0 Å². The van der Waals surface area contributed by atoms with Crippen molar-refractivity contribution in [3.05, 3.63) is 0 Å². The lowest BCUT2D eigenvalue weighted by Crippen LogP contribution is -2.46. The Balaban J connectivity index is 2.35. The summed E-state index contributed by atoms with van der Waals surface area (Å²) in [5, 5.41) is 2.96. The molecule has 0 saturated carbocycles. The third-order valence-electron chi connectivity index (χ3n) is 3.05. The summed E-state index contributed by atoms with van der Waals surface area (Å²) in [6.45, 7) is 6.76. The van der Waals surface area contributed by atoms with Gasteiger partial charge in [0.1, 0.15) is 0 Å². The van der Waals surface area contributed by atoms with E-state index >= 15 is 0 Å². The maximum atomic E-state index is 11.9. The topological polar surface area (TPSA) is 55.1 Å². The maximum absolute atomic E-state index is 11.9. The lowest BCUT2D eigenvalue weighted by Gasteiger charge is -2.23. The predicted octanol–water partition coefficient (Wildman–Crippen LogP) is 1.37. The molecule has 1 amide bonds. The maximum Gasteiger partial charge on any atom is 0.236 e. The Morgan fingerprint density at radius 3 is 2.73 bits per heavy atom. The summed E-state index contributed by atoms with van der Waals surface area (Å²) in [4.78, 5) is 11.9. The van der Waals surface area contributed by atoms with Crippen molar-refractivity contribution in [2.45, 2.75) is 44.4 Å². The molecule has 1 rings (SSSR count). The van der Waals surface area contributed by atoms with Gasteiger partial charge in [0.05, 0.1) is 4.75 Å². The quantitative estimate of drug-likeness (QED) is 0.767. The van der Waals surface area contributed by atoms with Crippen LogP contribution in [-0.4, -0.2) is 29.0 Å². The summed E-state index contributed by atoms with van der Waals surface area (Å²) < 4.78 is -0.212. The van der Waals surface area contributed by atoms with Crippen molar-refractivity contribution in [2.24, 2.45) is 11.7 Å². The molecule has 88 valence electrons. The van der Waals surface area contributed by atoms with E-state index in [1.165, 1.54) is 0 Å². The molecule has 1 aliphatic heterocycles. The minimum Gasteiger partial charge on any atom is -0.353 e. The second kappa shape index (κ2) is 5.21. The Labute approximate surface area is 96.6 Å². The first-order chi connectivity index (χ1) is 6.96. The average molecular weight is 230 g/mol. The molecule has 0 bridgehead atoms. The van der Waals surface area contributed by atoms with Crippen LogP contribution in [0.5, 0.6) is 0 Å². The molecule has 0 radical (unpaired) electrons. The minimum absolute atomic E-state index is 0.0592. The van der Waals surface area contributed by atoms with Crippen molar-refractivity contribution in [1.29, 1.82) is 0 Å². The molecule has 1 heterocycles. The molecule has 3 N–H and O–H groups in total. The number of nitrogens with two attached hydrogens (primary N) is 1. The van der Waals surface area contributed by atoms with Gasteiger partial charge in [-0.1, -0.05) is 13.8 Å². The third kappa shape index (κ3) is 3.38. The number of nitrogens with one attached hydrogen (secondary N) is 1. The van der Waals surface area contributed by atoms with Crippen LogP contribution in [0.25, 0.3) is 0 Å². The van der Waals surface area contributed by atoms with Gasteiger partial charge in [0.2, 0.25) is 5.91 Å². The van der Waals surface area contributed by atoms with E-state index in [2.05, 4.69) is 19.2 Å². The number of rotatable bonds is 4. The van der Waals surface area contributed by atoms with E-state index < -0.39 is 0 Å². The highest BCUT2D eigenvalue weighted by Crippen LogP contribution is 2.37. The first-order valence-electron chi connectivity index (χ1n) is 5.63. The minimum atomic E-state index is -0.212. The Hall–Kier alpha value is -0.220. The second-order valence-corrected chi connectivity index (χ2v) is 6.40. The molecule has 1 fully saturated rings. The Kier molecular flexibility index (Phi) is 4.46. The molecule has 1 saturated heterocycles. The highest BCUT2D eigenvalue weighted by Gasteiger charge is 2.37. The first-order valence-corrected chi connectivity index (χ1v) is 6.62. The molecule has 2 atom stereocenters. The molecule has 0 aromatic carbocycles. The zero-order chi connectivity index (χ0) is 11.5. The number of hydrogen-bond donors (Lipinski definition) is 2. The van der Waals surface area contributed by atoms with Crippen molar-refractivity contribution in [1.82, 2.24) is 5.32 Å². The summed E-state index contributed by atoms with van der Waals surface area (Å²) in [6, 6.07) is 0.0592. The molecule has 1 aliphatic rings. The van der Waals surface area contributed by atoms with Gasteiger partial charge >= 0.3 is 0 Å². The standard InChI is InChI=1S/C11H22N2OS/c1-8(2)9(12)7-13-10(14)11(3)5-4-6-15-11/h8-9H,4-7,12H2,1-3H3,(H,13,14). The fourth-order valence-corrected chi connectivity index (χ4v) is 2.82. The molecule has 2 unspecified atom stereocenters. The fourth-order valence-electron chi connectivity index (χ4n) is 1.59. The Morgan fingerprint density at radius 1 is 1.60 bits per heavy atom. The van der Waals surface area contributed by atoms with Gasteiger partial charge in [0.15, 0.2) is 0 Å². The number of thioether (sulfide) groups is 1. The summed E-state index contributed by atoms with van der Waals surface area (Å²) in [5.41, 5.74) is 5.89. The number of carbonyl (C=O) groups excluding carboxylic acids is 1. The largest absolute Gasteiger partial charge is 0.353 e. The molecular weight excluding hydrogens is 208 g/mol. The smallest absolute Gasteiger partial charge is 0.236 e. The predicted molar refractivity (Wildman–Crippen MR) is 65.9 cm³/mol. The zero-order valence-electron chi connectivity index (χ0n) is 9.88. The summed E-state index contributed by atoms with van der Waals surface area (Å²) >= 11 is 1.76. The molecule has 0 aromatic rings. The van der Waals surface area contributed by atoms with Gasteiger partial charge in [-0.05, 0) is 31.4 Å². The van der Waals surface area contributed by atoms with Gasteiger partial charge in [-0.25, -0.2) is 0 Å². The number of carbonyl (C=O) groups is 1. The first kappa shape index (κ1) is 12.8. The molecule has 0 aliphatic carbocycles. The van der Waals surface area contributed by atoms with Crippen LogP contribution >= 0.6 is 11.8 Å². The monoisotopic (exact) mass is 230 g/mol. The van der Waals surface area contributed by atoms with Gasteiger partial charge in [-0.15, -0.1) is 11.8 Å². The van der Waals surface area contributed by atoms with Crippen LogP contribution in [0.1, 0.15) is 33.6 Å². The van der Waals surface area contributed by atoms with Gasteiger partial charge < -0.3 is 11.1 Å². The number of hydrogen-bond acceptors (Lipinski definition) is 3. The van der Waals surface area contributed by atoms with Crippen LogP contribution < -0.4 is 11.1 Å². The van der Waals surface area contributed by atoms with Gasteiger partial charge in [0, 0.05) is 12.6 Å². The fraction of sp³-hybridized carbons (Fsp3) is 0.909. The van der Waals surface area contributed by atoms with Crippen LogP contribution in [0, 0.1) is 5.92 Å². The van der Waals surface area contributed by atoms with Crippen LogP contribution in [0.4, 0.5) is 0 Å². The molecule has 4 heteroatoms. The van der Waals surface area contributed by atoms with Gasteiger partial charge in [-0.3, -0.25) is 4.79 Å². The molecule has 3 nitrogen and oxygen atoms in total. The lowest BCUT2D eigenvalue weighted by molar-refractivity contribution is -0.123. The SMILES string of the molecule is CC(C)C(N)CNC(=O)C1(C)CCCS1. The second-order valence-electron chi connectivity index (χ2n) is 4.80. The highest BCUT2D eigenvalue weighted by atomic mass is 32.2. The average Bonchev–Trinajstić information content (AvgIpc) is 2.62. The number of amides is 1. The normalized spacial score (nSPS) is 28.1. The summed E-state index contributed by atoms with van der Waals surface area (Å²) in [6.07, 6.45) is 2.13. The summed E-state index contributed by atoms with van der Waals surface area (Å²) in [7, 11) is 0. The van der Waals surface area contributed by atoms with Crippen molar-refractivity contribution in [3.8, 4) is 0 Å². The van der Waals surface area contributed by atoms with Gasteiger partial charge in [-0.2, -0.15) is 0 Å². The van der Waals surface area contributed by atoms with E-state index in [0.717, 1.165) is 18.6 Å².